The first-order valence-corrected chi connectivity index (χ1v) is 13.0. The first-order valence-electron chi connectivity index (χ1n) is 13.0. The van der Waals surface area contributed by atoms with Crippen molar-refractivity contribution in [2.45, 2.75) is 6.29 Å². The van der Waals surface area contributed by atoms with Crippen LogP contribution in [0.25, 0.3) is 44.1 Å². The third-order valence-corrected chi connectivity index (χ3v) is 7.42. The van der Waals surface area contributed by atoms with Gasteiger partial charge in [-0.05, 0) is 46.5 Å². The zero-order valence-corrected chi connectivity index (χ0v) is 21.2. The lowest BCUT2D eigenvalue weighted by Gasteiger charge is -2.30. The molecule has 0 aliphatic carbocycles. The molecule has 0 fully saturated rings. The van der Waals surface area contributed by atoms with Crippen molar-refractivity contribution >= 4 is 27.5 Å². The Hall–Kier alpha value is -4.89. The fraction of sp³-hybridized carbons (Fsp3) is 0.0571. The molecular weight excluding hydrogens is 462 g/mol. The zero-order valence-electron chi connectivity index (χ0n) is 21.2. The Labute approximate surface area is 222 Å². The van der Waals surface area contributed by atoms with Gasteiger partial charge in [0.25, 0.3) is 0 Å². The van der Waals surface area contributed by atoms with E-state index in [-0.39, 0.29) is 6.29 Å². The molecule has 2 heterocycles. The Balaban J connectivity index is 1.27. The van der Waals surface area contributed by atoms with Crippen LogP contribution < -0.4 is 0 Å². The van der Waals surface area contributed by atoms with Gasteiger partial charge in [-0.2, -0.15) is 0 Å². The molecule has 7 rings (SSSR count). The molecule has 0 bridgehead atoms. The standard InChI is InChI=1S/C35H27N3/c1-37-23-22-32(36-35(37)38-33-16-7-5-14-30(33)31-15-6-8-17-34(31)38)29-13-9-12-28(24-29)27-20-18-26(19-21-27)25-10-3-2-4-11-25/h2-24,35H,1H3. The largest absolute Gasteiger partial charge is 0.342 e. The molecule has 1 atom stereocenters. The van der Waals surface area contributed by atoms with Crippen LogP contribution in [0.5, 0.6) is 0 Å². The molecule has 182 valence electrons. The second kappa shape index (κ2) is 9.20. The number of benzene rings is 5. The number of fused-ring (bicyclic) bond motifs is 3. The van der Waals surface area contributed by atoms with E-state index in [1.807, 2.05) is 0 Å². The number of para-hydroxylation sites is 2. The smallest absolute Gasteiger partial charge is 0.203 e. The van der Waals surface area contributed by atoms with E-state index in [0.29, 0.717) is 0 Å². The first-order chi connectivity index (χ1) is 18.8. The molecule has 1 aliphatic rings. The van der Waals surface area contributed by atoms with E-state index in [2.05, 4.69) is 156 Å². The average molecular weight is 490 g/mol. The quantitative estimate of drug-likeness (QED) is 0.243. The minimum Gasteiger partial charge on any atom is -0.342 e. The van der Waals surface area contributed by atoms with Gasteiger partial charge in [0, 0.05) is 29.6 Å². The summed E-state index contributed by atoms with van der Waals surface area (Å²) in [6.45, 7) is 0. The van der Waals surface area contributed by atoms with Crippen LogP contribution in [0.3, 0.4) is 0 Å². The van der Waals surface area contributed by atoms with Crippen molar-refractivity contribution in [1.82, 2.24) is 9.47 Å². The van der Waals surface area contributed by atoms with E-state index in [0.717, 1.165) is 11.3 Å². The highest BCUT2D eigenvalue weighted by atomic mass is 15.4. The average Bonchev–Trinajstić information content (AvgIpc) is 3.32. The minimum absolute atomic E-state index is 0.173. The molecule has 3 nitrogen and oxygen atoms in total. The summed E-state index contributed by atoms with van der Waals surface area (Å²) in [6.07, 6.45) is 4.08. The summed E-state index contributed by atoms with van der Waals surface area (Å²) < 4.78 is 2.35. The lowest BCUT2D eigenvalue weighted by Crippen LogP contribution is -2.27. The van der Waals surface area contributed by atoms with Crippen LogP contribution >= 0.6 is 0 Å². The van der Waals surface area contributed by atoms with E-state index < -0.39 is 0 Å². The van der Waals surface area contributed by atoms with E-state index in [9.17, 15) is 0 Å². The highest BCUT2D eigenvalue weighted by Crippen LogP contribution is 2.35. The number of aliphatic imine (C=N–C) groups is 1. The van der Waals surface area contributed by atoms with E-state index in [4.69, 9.17) is 4.99 Å². The second-order valence-corrected chi connectivity index (χ2v) is 9.77. The van der Waals surface area contributed by atoms with Crippen LogP contribution in [-0.2, 0) is 0 Å². The fourth-order valence-corrected chi connectivity index (χ4v) is 5.48. The molecule has 1 aliphatic heterocycles. The fourth-order valence-electron chi connectivity index (χ4n) is 5.48. The Morgan fingerprint density at radius 2 is 1.05 bits per heavy atom. The van der Waals surface area contributed by atoms with E-state index in [1.165, 1.54) is 44.1 Å². The van der Waals surface area contributed by atoms with Gasteiger partial charge >= 0.3 is 0 Å². The summed E-state index contributed by atoms with van der Waals surface area (Å²) in [5, 5.41) is 2.51. The van der Waals surface area contributed by atoms with Crippen molar-refractivity contribution in [2.24, 2.45) is 4.99 Å². The molecule has 3 heteroatoms. The maximum Gasteiger partial charge on any atom is 0.203 e. The lowest BCUT2D eigenvalue weighted by atomic mass is 9.98. The molecule has 0 N–H and O–H groups in total. The number of allylic oxidation sites excluding steroid dienone is 1. The monoisotopic (exact) mass is 489 g/mol. The highest BCUT2D eigenvalue weighted by molar-refractivity contribution is 6.10. The molecule has 0 spiro atoms. The van der Waals surface area contributed by atoms with Gasteiger partial charge in [0.2, 0.25) is 6.29 Å². The maximum absolute atomic E-state index is 5.28. The van der Waals surface area contributed by atoms with Crippen LogP contribution in [0.1, 0.15) is 11.9 Å². The Morgan fingerprint density at radius 1 is 0.526 bits per heavy atom. The molecule has 0 saturated carbocycles. The first kappa shape index (κ1) is 22.3. The van der Waals surface area contributed by atoms with E-state index in [1.54, 1.807) is 0 Å². The molecule has 0 radical (unpaired) electrons. The highest BCUT2D eigenvalue weighted by Gasteiger charge is 2.22. The zero-order chi connectivity index (χ0) is 25.5. The second-order valence-electron chi connectivity index (χ2n) is 9.77. The summed E-state index contributed by atoms with van der Waals surface area (Å²) in [6, 6.07) is 45.2. The predicted molar refractivity (Wildman–Crippen MR) is 159 cm³/mol. The summed E-state index contributed by atoms with van der Waals surface area (Å²) in [5.74, 6) is 0. The third kappa shape index (κ3) is 3.80. The molecule has 5 aromatic carbocycles. The predicted octanol–water partition coefficient (Wildman–Crippen LogP) is 8.53. The van der Waals surface area contributed by atoms with Crippen LogP contribution in [0.4, 0.5) is 0 Å². The van der Waals surface area contributed by atoms with Gasteiger partial charge in [0.15, 0.2) is 0 Å². The molecule has 1 unspecified atom stereocenters. The van der Waals surface area contributed by atoms with Crippen LogP contribution in [0.15, 0.2) is 145 Å². The van der Waals surface area contributed by atoms with Crippen molar-refractivity contribution in [3.05, 3.63) is 145 Å². The van der Waals surface area contributed by atoms with E-state index >= 15 is 0 Å². The van der Waals surface area contributed by atoms with Gasteiger partial charge in [-0.25, -0.2) is 4.99 Å². The molecular formula is C35H27N3. The topological polar surface area (TPSA) is 20.5 Å². The SMILES string of the molecule is CN1C=CC(c2cccc(-c3ccc(-c4ccccc4)cc3)c2)=NC1n1c2ccccc2c2ccccc21. The normalized spacial score (nSPS) is 15.2. The number of hydrogen-bond donors (Lipinski definition) is 0. The number of hydrogen-bond acceptors (Lipinski definition) is 2. The molecule has 38 heavy (non-hydrogen) atoms. The van der Waals surface area contributed by atoms with Crippen LogP contribution in [0.2, 0.25) is 0 Å². The van der Waals surface area contributed by atoms with Gasteiger partial charge in [0.05, 0.1) is 16.7 Å². The molecule has 0 saturated heterocycles. The van der Waals surface area contributed by atoms with Gasteiger partial charge in [-0.1, -0.05) is 109 Å². The third-order valence-electron chi connectivity index (χ3n) is 7.42. The van der Waals surface area contributed by atoms with Crippen molar-refractivity contribution in [2.75, 3.05) is 7.05 Å². The summed E-state index contributed by atoms with van der Waals surface area (Å²) >= 11 is 0. The van der Waals surface area contributed by atoms with Crippen molar-refractivity contribution < 1.29 is 0 Å². The Bertz CT molecular complexity index is 1770. The molecule has 6 aromatic rings. The summed E-state index contributed by atoms with van der Waals surface area (Å²) in [7, 11) is 2.09. The van der Waals surface area contributed by atoms with Crippen molar-refractivity contribution in [3.8, 4) is 22.3 Å². The number of aromatic nitrogens is 1. The summed E-state index contributed by atoms with van der Waals surface area (Å²) in [4.78, 5) is 7.46. The van der Waals surface area contributed by atoms with Gasteiger partial charge < -0.3 is 9.47 Å². The Kier molecular flexibility index (Phi) is 5.41. The van der Waals surface area contributed by atoms with Gasteiger partial charge in [-0.15, -0.1) is 0 Å². The van der Waals surface area contributed by atoms with Crippen LogP contribution in [-0.4, -0.2) is 22.2 Å². The van der Waals surface area contributed by atoms with Gasteiger partial charge in [0.1, 0.15) is 0 Å². The minimum atomic E-state index is -0.173. The van der Waals surface area contributed by atoms with Gasteiger partial charge in [-0.3, -0.25) is 0 Å². The van der Waals surface area contributed by atoms with Crippen LogP contribution in [0, 0.1) is 0 Å². The van der Waals surface area contributed by atoms with Crippen molar-refractivity contribution in [1.29, 1.82) is 0 Å². The number of rotatable bonds is 4. The van der Waals surface area contributed by atoms with Crippen molar-refractivity contribution in [3.63, 3.8) is 0 Å². The maximum atomic E-state index is 5.28. The molecule has 1 aromatic heterocycles. The lowest BCUT2D eigenvalue weighted by molar-refractivity contribution is 0.266. The molecule has 0 amide bonds. The number of nitrogens with zero attached hydrogens (tertiary/aromatic N) is 3. The Morgan fingerprint density at radius 3 is 1.74 bits per heavy atom. The summed E-state index contributed by atoms with van der Waals surface area (Å²) in [5.41, 5.74) is 9.32.